The maximum Gasteiger partial charge on any atom is 0.328 e. The first-order valence-electron chi connectivity index (χ1n) is 9.77. The maximum atomic E-state index is 12.4. The number of nitrogens with two attached hydrogens (primary N) is 1. The number of unbranched alkanes of at least 4 members (excludes halogenated alkanes) is 2. The molecule has 27 heavy (non-hydrogen) atoms. The van der Waals surface area contributed by atoms with Crippen LogP contribution in [0.5, 0.6) is 0 Å². The summed E-state index contributed by atoms with van der Waals surface area (Å²) in [5, 5.41) is 2.70. The molecule has 0 aromatic rings. The van der Waals surface area contributed by atoms with Crippen molar-refractivity contribution < 1.29 is 23.9 Å². The van der Waals surface area contributed by atoms with Crippen molar-refractivity contribution in [1.82, 2.24) is 5.32 Å². The minimum atomic E-state index is -0.805. The van der Waals surface area contributed by atoms with E-state index in [9.17, 15) is 14.4 Å². The lowest BCUT2D eigenvalue weighted by molar-refractivity contribution is -0.145. The summed E-state index contributed by atoms with van der Waals surface area (Å²) < 4.78 is 10.5. The molecule has 0 rings (SSSR count). The molecular weight excluding hydrogens is 348 g/mol. The highest BCUT2D eigenvalue weighted by Crippen LogP contribution is 2.15. The number of carbonyl (C=O) groups is 3. The molecule has 0 aromatic heterocycles. The SMILES string of the molecule is CCCCC[C@H](NC(=O)[C@H](C)CC(=O)[C@@H](N)[C@@H](C)OC(C)(C)C)C(=O)OC. The van der Waals surface area contributed by atoms with E-state index in [2.05, 4.69) is 12.2 Å². The van der Waals surface area contributed by atoms with Crippen molar-refractivity contribution in [3.63, 3.8) is 0 Å². The van der Waals surface area contributed by atoms with Gasteiger partial charge in [0, 0.05) is 12.3 Å². The molecule has 0 aliphatic heterocycles. The number of Topliss-reactive ketones (excluding diaryl/α,β-unsaturated/α-hetero) is 1. The Kier molecular flexibility index (Phi) is 11.4. The van der Waals surface area contributed by atoms with Crippen LogP contribution < -0.4 is 11.1 Å². The summed E-state index contributed by atoms with van der Waals surface area (Å²) in [7, 11) is 1.30. The van der Waals surface area contributed by atoms with Crippen LogP contribution in [0.15, 0.2) is 0 Å². The number of nitrogens with one attached hydrogen (secondary N) is 1. The van der Waals surface area contributed by atoms with Crippen molar-refractivity contribution in [1.29, 1.82) is 0 Å². The lowest BCUT2D eigenvalue weighted by Crippen LogP contribution is -2.47. The van der Waals surface area contributed by atoms with Crippen molar-refractivity contribution in [2.45, 2.75) is 97.4 Å². The monoisotopic (exact) mass is 386 g/mol. The second-order valence-corrected chi connectivity index (χ2v) is 8.11. The van der Waals surface area contributed by atoms with Crippen LogP contribution in [-0.4, -0.2) is 48.6 Å². The molecule has 7 heteroatoms. The molecule has 0 aliphatic carbocycles. The first-order valence-corrected chi connectivity index (χ1v) is 9.77. The molecule has 0 radical (unpaired) electrons. The zero-order chi connectivity index (χ0) is 21.2. The zero-order valence-corrected chi connectivity index (χ0v) is 18.0. The van der Waals surface area contributed by atoms with Crippen LogP contribution >= 0.6 is 0 Å². The van der Waals surface area contributed by atoms with Gasteiger partial charge in [-0.05, 0) is 34.1 Å². The number of hydrogen-bond acceptors (Lipinski definition) is 6. The third-order valence-corrected chi connectivity index (χ3v) is 4.27. The number of rotatable bonds is 12. The molecule has 3 N–H and O–H groups in total. The number of ether oxygens (including phenoxy) is 2. The summed E-state index contributed by atoms with van der Waals surface area (Å²) in [4.78, 5) is 36.7. The predicted octanol–water partition coefficient (Wildman–Crippen LogP) is 2.35. The van der Waals surface area contributed by atoms with E-state index in [0.717, 1.165) is 19.3 Å². The first-order chi connectivity index (χ1) is 12.4. The summed E-state index contributed by atoms with van der Waals surface area (Å²) in [6.45, 7) is 11.1. The van der Waals surface area contributed by atoms with E-state index in [0.29, 0.717) is 6.42 Å². The van der Waals surface area contributed by atoms with Crippen molar-refractivity contribution in [3.8, 4) is 0 Å². The molecule has 7 nitrogen and oxygen atoms in total. The van der Waals surface area contributed by atoms with Crippen LogP contribution in [0.2, 0.25) is 0 Å². The zero-order valence-electron chi connectivity index (χ0n) is 18.0. The van der Waals surface area contributed by atoms with Gasteiger partial charge >= 0.3 is 5.97 Å². The van der Waals surface area contributed by atoms with E-state index in [1.165, 1.54) is 7.11 Å². The molecule has 0 saturated carbocycles. The number of esters is 1. The Hall–Kier alpha value is -1.47. The Bertz CT molecular complexity index is 487. The van der Waals surface area contributed by atoms with Crippen molar-refractivity contribution in [2.24, 2.45) is 11.7 Å². The second kappa shape index (κ2) is 12.1. The van der Waals surface area contributed by atoms with E-state index in [1.807, 2.05) is 20.8 Å². The van der Waals surface area contributed by atoms with Crippen LogP contribution in [0.4, 0.5) is 0 Å². The highest BCUT2D eigenvalue weighted by molar-refractivity contribution is 5.91. The molecule has 0 bridgehead atoms. The standard InChI is InChI=1S/C20H38N2O5/c1-8-9-10-11-15(19(25)26-7)22-18(24)13(2)12-16(23)17(21)14(3)27-20(4,5)6/h13-15,17H,8-12,21H2,1-7H3,(H,22,24)/t13-,14-,15+,17+/m1/s1. The lowest BCUT2D eigenvalue weighted by atomic mass is 9.96. The van der Waals surface area contributed by atoms with Crippen LogP contribution in [0.1, 0.15) is 73.6 Å². The van der Waals surface area contributed by atoms with Gasteiger partial charge in [-0.2, -0.15) is 0 Å². The Morgan fingerprint density at radius 3 is 2.19 bits per heavy atom. The Balaban J connectivity index is 4.72. The third kappa shape index (κ3) is 10.4. The highest BCUT2D eigenvalue weighted by Gasteiger charge is 2.29. The summed E-state index contributed by atoms with van der Waals surface area (Å²) in [6, 6.07) is -1.50. The van der Waals surface area contributed by atoms with Gasteiger partial charge in [-0.25, -0.2) is 4.79 Å². The number of carbonyl (C=O) groups excluding carboxylic acids is 3. The Labute approximate surface area is 163 Å². The van der Waals surface area contributed by atoms with Gasteiger partial charge in [0.05, 0.1) is 24.9 Å². The van der Waals surface area contributed by atoms with Crippen molar-refractivity contribution in [2.75, 3.05) is 7.11 Å². The molecule has 0 fully saturated rings. The lowest BCUT2D eigenvalue weighted by Gasteiger charge is -2.28. The molecule has 0 saturated heterocycles. The number of amides is 1. The van der Waals surface area contributed by atoms with Crippen LogP contribution in [0.25, 0.3) is 0 Å². The van der Waals surface area contributed by atoms with E-state index < -0.39 is 35.7 Å². The van der Waals surface area contributed by atoms with Crippen LogP contribution in [-0.2, 0) is 23.9 Å². The fourth-order valence-corrected chi connectivity index (χ4v) is 2.73. The van der Waals surface area contributed by atoms with Crippen LogP contribution in [0, 0.1) is 5.92 Å². The third-order valence-electron chi connectivity index (χ3n) is 4.27. The molecule has 0 aliphatic rings. The van der Waals surface area contributed by atoms with Gasteiger partial charge in [-0.1, -0.05) is 33.1 Å². The maximum absolute atomic E-state index is 12.4. The van der Waals surface area contributed by atoms with Crippen molar-refractivity contribution in [3.05, 3.63) is 0 Å². The van der Waals surface area contributed by atoms with Gasteiger partial charge in [0.25, 0.3) is 0 Å². The summed E-state index contributed by atoms with van der Waals surface area (Å²) >= 11 is 0. The van der Waals surface area contributed by atoms with E-state index in [-0.39, 0.29) is 18.1 Å². The Morgan fingerprint density at radius 1 is 1.11 bits per heavy atom. The van der Waals surface area contributed by atoms with E-state index in [1.54, 1.807) is 13.8 Å². The van der Waals surface area contributed by atoms with E-state index in [4.69, 9.17) is 15.2 Å². The average Bonchev–Trinajstić information content (AvgIpc) is 2.57. The summed E-state index contributed by atoms with van der Waals surface area (Å²) in [6.07, 6.45) is 2.86. The van der Waals surface area contributed by atoms with Gasteiger partial charge in [0.2, 0.25) is 5.91 Å². The fraction of sp³-hybridized carbons (Fsp3) is 0.850. The quantitative estimate of drug-likeness (QED) is 0.394. The van der Waals surface area contributed by atoms with Gasteiger partial charge < -0.3 is 20.5 Å². The van der Waals surface area contributed by atoms with Crippen LogP contribution in [0.3, 0.4) is 0 Å². The molecule has 4 atom stereocenters. The summed E-state index contributed by atoms with van der Waals surface area (Å²) in [5.74, 6) is -1.66. The minimum absolute atomic E-state index is 0.00625. The molecule has 0 aromatic carbocycles. The average molecular weight is 387 g/mol. The Morgan fingerprint density at radius 2 is 1.70 bits per heavy atom. The van der Waals surface area contributed by atoms with Gasteiger partial charge in [-0.3, -0.25) is 9.59 Å². The van der Waals surface area contributed by atoms with E-state index >= 15 is 0 Å². The topological polar surface area (TPSA) is 108 Å². The highest BCUT2D eigenvalue weighted by atomic mass is 16.5. The predicted molar refractivity (Wildman–Crippen MR) is 105 cm³/mol. The molecule has 0 unspecified atom stereocenters. The molecular formula is C20H38N2O5. The van der Waals surface area contributed by atoms with Gasteiger partial charge in [-0.15, -0.1) is 0 Å². The molecule has 158 valence electrons. The largest absolute Gasteiger partial charge is 0.467 e. The normalized spacial score (nSPS) is 16.1. The van der Waals surface area contributed by atoms with Crippen molar-refractivity contribution >= 4 is 17.7 Å². The van der Waals surface area contributed by atoms with Gasteiger partial charge in [0.1, 0.15) is 6.04 Å². The molecule has 0 spiro atoms. The summed E-state index contributed by atoms with van der Waals surface area (Å²) in [5.41, 5.74) is 5.58. The smallest absolute Gasteiger partial charge is 0.328 e. The number of methoxy groups -OCH3 is 1. The first kappa shape index (κ1) is 25.5. The molecule has 0 heterocycles. The number of ketones is 1. The minimum Gasteiger partial charge on any atom is -0.467 e. The molecule has 1 amide bonds. The fourth-order valence-electron chi connectivity index (χ4n) is 2.73. The second-order valence-electron chi connectivity index (χ2n) is 8.11. The van der Waals surface area contributed by atoms with Gasteiger partial charge in [0.15, 0.2) is 5.78 Å². The number of hydrogen-bond donors (Lipinski definition) is 2.